The van der Waals surface area contributed by atoms with E-state index in [0.29, 0.717) is 13.2 Å². The maximum atomic E-state index is 12.9. The fourth-order valence-electron chi connectivity index (χ4n) is 3.92. The Hall–Kier alpha value is -4.30. The van der Waals surface area contributed by atoms with Gasteiger partial charge in [-0.15, -0.1) is 0 Å². The number of rotatable bonds is 9. The van der Waals surface area contributed by atoms with Gasteiger partial charge in [0.05, 0.1) is 6.07 Å². The molecule has 1 heterocycles. The van der Waals surface area contributed by atoms with E-state index in [2.05, 4.69) is 17.4 Å². The van der Waals surface area contributed by atoms with E-state index < -0.39 is 6.04 Å². The van der Waals surface area contributed by atoms with Crippen LogP contribution < -0.4 is 10.1 Å². The molecular weight excluding hydrogens is 422 g/mol. The third-order valence-corrected chi connectivity index (χ3v) is 5.77. The average molecular weight is 450 g/mol. The van der Waals surface area contributed by atoms with Crippen LogP contribution in [0, 0.1) is 11.3 Å². The Balaban J connectivity index is 1.52. The van der Waals surface area contributed by atoms with E-state index in [4.69, 9.17) is 10.00 Å². The maximum absolute atomic E-state index is 12.9. The van der Waals surface area contributed by atoms with E-state index in [1.54, 1.807) is 6.08 Å². The molecule has 4 rings (SSSR count). The molecule has 170 valence electrons. The van der Waals surface area contributed by atoms with Crippen LogP contribution in [0.3, 0.4) is 0 Å². The molecule has 0 radical (unpaired) electrons. The summed E-state index contributed by atoms with van der Waals surface area (Å²) in [7, 11) is 0. The Labute approximate surface area is 199 Å². The lowest BCUT2D eigenvalue weighted by Gasteiger charge is -2.16. The zero-order valence-electron chi connectivity index (χ0n) is 19.1. The van der Waals surface area contributed by atoms with E-state index in [0.717, 1.165) is 34.2 Å². The van der Waals surface area contributed by atoms with Crippen molar-refractivity contribution < 1.29 is 9.53 Å². The highest BCUT2D eigenvalue weighted by atomic mass is 16.5. The van der Waals surface area contributed by atoms with Crippen molar-refractivity contribution in [2.45, 2.75) is 26.0 Å². The molecular formula is C29H27N3O2. The zero-order valence-corrected chi connectivity index (χ0v) is 19.1. The van der Waals surface area contributed by atoms with Gasteiger partial charge in [0, 0.05) is 35.3 Å². The second-order valence-electron chi connectivity index (χ2n) is 8.11. The van der Waals surface area contributed by atoms with Gasteiger partial charge in [-0.2, -0.15) is 5.26 Å². The monoisotopic (exact) mass is 449 g/mol. The third kappa shape index (κ3) is 5.54. The summed E-state index contributed by atoms with van der Waals surface area (Å²) in [4.78, 5) is 12.9. The van der Waals surface area contributed by atoms with Gasteiger partial charge < -0.3 is 14.6 Å². The van der Waals surface area contributed by atoms with Crippen LogP contribution in [0.1, 0.15) is 29.7 Å². The number of nitrogens with one attached hydrogen (secondary N) is 1. The molecule has 4 aromatic rings. The normalized spacial score (nSPS) is 11.9. The highest BCUT2D eigenvalue weighted by Crippen LogP contribution is 2.30. The quantitative estimate of drug-likeness (QED) is 0.335. The molecule has 0 saturated carbocycles. The number of nitrogens with zero attached hydrogens (tertiary/aromatic N) is 2. The summed E-state index contributed by atoms with van der Waals surface area (Å²) in [5, 5.41) is 13.0. The molecule has 0 spiro atoms. The van der Waals surface area contributed by atoms with E-state index in [1.807, 2.05) is 90.5 Å². The van der Waals surface area contributed by atoms with Gasteiger partial charge >= 0.3 is 0 Å². The molecule has 0 saturated heterocycles. The minimum absolute atomic E-state index is 0.0481. The third-order valence-electron chi connectivity index (χ3n) is 5.77. The van der Waals surface area contributed by atoms with Gasteiger partial charge in [-0.05, 0) is 48.7 Å². The fourth-order valence-corrected chi connectivity index (χ4v) is 3.92. The number of allylic oxidation sites excluding steroid dienone is 1. The second-order valence-corrected chi connectivity index (χ2v) is 8.11. The predicted octanol–water partition coefficient (Wildman–Crippen LogP) is 5.68. The number of amides is 1. The number of aromatic nitrogens is 1. The van der Waals surface area contributed by atoms with Crippen molar-refractivity contribution in [1.29, 1.82) is 5.26 Å². The molecule has 0 aliphatic rings. The number of nitriles is 1. The number of ether oxygens (including phenoxy) is 1. The van der Waals surface area contributed by atoms with Gasteiger partial charge in [-0.25, -0.2) is 0 Å². The molecule has 34 heavy (non-hydrogen) atoms. The predicted molar refractivity (Wildman–Crippen MR) is 135 cm³/mol. The standard InChI is InChI=1S/C29H27N3O2/c1-22(29(33)31-18-16-23-9-4-2-5-10-23)32-20-25(13-8-17-30)27-19-26(14-15-28(27)32)34-21-24-11-6-3-7-12-24/h2-15,19-20,22H,16,18,21H2,1H3,(H,31,33). The summed E-state index contributed by atoms with van der Waals surface area (Å²) in [6.45, 7) is 2.93. The Morgan fingerprint density at radius 1 is 1.06 bits per heavy atom. The van der Waals surface area contributed by atoms with Gasteiger partial charge in [0.25, 0.3) is 0 Å². The van der Waals surface area contributed by atoms with Gasteiger partial charge in [0.2, 0.25) is 5.91 Å². The first-order chi connectivity index (χ1) is 16.7. The molecule has 1 atom stereocenters. The van der Waals surface area contributed by atoms with Crippen LogP contribution in [0.25, 0.3) is 17.0 Å². The van der Waals surface area contributed by atoms with Crippen LogP contribution in [-0.4, -0.2) is 17.0 Å². The summed E-state index contributed by atoms with van der Waals surface area (Å²) in [5.41, 5.74) is 4.06. The highest BCUT2D eigenvalue weighted by molar-refractivity contribution is 5.92. The van der Waals surface area contributed by atoms with Crippen molar-refractivity contribution in [3.63, 3.8) is 0 Å². The Morgan fingerprint density at radius 2 is 1.76 bits per heavy atom. The Morgan fingerprint density at radius 3 is 2.47 bits per heavy atom. The number of benzene rings is 3. The SMILES string of the molecule is CC(C(=O)NCCc1ccccc1)n1cc(C=CC#N)c2cc(OCc3ccccc3)ccc21. The smallest absolute Gasteiger partial charge is 0.242 e. The lowest BCUT2D eigenvalue weighted by molar-refractivity contribution is -0.123. The van der Waals surface area contributed by atoms with E-state index in [1.165, 1.54) is 11.6 Å². The van der Waals surface area contributed by atoms with Gasteiger partial charge in [-0.3, -0.25) is 4.79 Å². The average Bonchev–Trinajstić information content (AvgIpc) is 3.24. The number of fused-ring (bicyclic) bond motifs is 1. The molecule has 1 N–H and O–H groups in total. The summed E-state index contributed by atoms with van der Waals surface area (Å²) >= 11 is 0. The minimum Gasteiger partial charge on any atom is -0.489 e. The fraction of sp³-hybridized carbons (Fsp3) is 0.172. The molecule has 0 aliphatic heterocycles. The second kappa shape index (κ2) is 11.0. The molecule has 0 bridgehead atoms. The summed E-state index contributed by atoms with van der Waals surface area (Å²) < 4.78 is 7.94. The van der Waals surface area contributed by atoms with E-state index in [9.17, 15) is 4.79 Å². The van der Waals surface area contributed by atoms with Crippen LogP contribution in [0.4, 0.5) is 0 Å². The van der Waals surface area contributed by atoms with E-state index in [-0.39, 0.29) is 5.91 Å². The van der Waals surface area contributed by atoms with Crippen LogP contribution in [0.5, 0.6) is 5.75 Å². The number of hydrogen-bond donors (Lipinski definition) is 1. The molecule has 1 unspecified atom stereocenters. The number of carbonyl (C=O) groups is 1. The van der Waals surface area contributed by atoms with Gasteiger partial charge in [0.15, 0.2) is 0 Å². The lowest BCUT2D eigenvalue weighted by Crippen LogP contribution is -2.32. The molecule has 5 heteroatoms. The van der Waals surface area contributed by atoms with Crippen LogP contribution >= 0.6 is 0 Å². The van der Waals surface area contributed by atoms with Crippen molar-refractivity contribution in [2.24, 2.45) is 0 Å². The maximum Gasteiger partial charge on any atom is 0.242 e. The van der Waals surface area contributed by atoms with Crippen molar-refractivity contribution >= 4 is 22.9 Å². The topological polar surface area (TPSA) is 67.0 Å². The zero-order chi connectivity index (χ0) is 23.8. The Bertz CT molecular complexity index is 1320. The highest BCUT2D eigenvalue weighted by Gasteiger charge is 2.18. The molecule has 0 aliphatic carbocycles. The van der Waals surface area contributed by atoms with Crippen molar-refractivity contribution in [3.8, 4) is 11.8 Å². The van der Waals surface area contributed by atoms with Crippen LogP contribution in [0.2, 0.25) is 0 Å². The first-order valence-electron chi connectivity index (χ1n) is 11.3. The number of carbonyl (C=O) groups excluding carboxylic acids is 1. The first-order valence-corrected chi connectivity index (χ1v) is 11.3. The van der Waals surface area contributed by atoms with Crippen LogP contribution in [-0.2, 0) is 17.8 Å². The summed E-state index contributed by atoms with van der Waals surface area (Å²) in [6.07, 6.45) is 5.91. The molecule has 1 aromatic heterocycles. The molecule has 5 nitrogen and oxygen atoms in total. The molecule has 1 amide bonds. The van der Waals surface area contributed by atoms with Gasteiger partial charge in [0.1, 0.15) is 18.4 Å². The van der Waals surface area contributed by atoms with Crippen LogP contribution in [0.15, 0.2) is 91.1 Å². The first kappa shape index (κ1) is 22.9. The summed E-state index contributed by atoms with van der Waals surface area (Å²) in [5.74, 6) is 0.689. The van der Waals surface area contributed by atoms with Crippen molar-refractivity contribution in [1.82, 2.24) is 9.88 Å². The molecule has 0 fully saturated rings. The lowest BCUT2D eigenvalue weighted by atomic mass is 10.1. The van der Waals surface area contributed by atoms with Crippen molar-refractivity contribution in [2.75, 3.05) is 6.54 Å². The Kier molecular flexibility index (Phi) is 7.42. The van der Waals surface area contributed by atoms with Crippen molar-refractivity contribution in [3.05, 3.63) is 108 Å². The van der Waals surface area contributed by atoms with E-state index >= 15 is 0 Å². The number of hydrogen-bond acceptors (Lipinski definition) is 3. The summed E-state index contributed by atoms with van der Waals surface area (Å²) in [6, 6.07) is 27.6. The minimum atomic E-state index is -0.404. The molecule has 3 aromatic carbocycles. The van der Waals surface area contributed by atoms with Gasteiger partial charge in [-0.1, -0.05) is 60.7 Å². The largest absolute Gasteiger partial charge is 0.489 e.